The molecular formula is C24H41N3S. The van der Waals surface area contributed by atoms with Crippen LogP contribution < -0.4 is 11.2 Å². The molecular weight excluding hydrogens is 362 g/mol. The molecule has 3 atom stereocenters. The molecule has 0 amide bonds. The molecule has 0 aromatic carbocycles. The molecule has 2 aliphatic carbocycles. The third-order valence-electron chi connectivity index (χ3n) is 7.50. The number of nitrogens with two attached hydrogens (primary N) is 1. The normalized spacial score (nSPS) is 30.7. The van der Waals surface area contributed by atoms with E-state index in [4.69, 9.17) is 18.0 Å². The second-order valence-electron chi connectivity index (χ2n) is 10.1. The summed E-state index contributed by atoms with van der Waals surface area (Å²) in [5.41, 5.74) is 13.0. The molecule has 2 rings (SSSR count). The molecule has 0 aromatic heterocycles. The van der Waals surface area contributed by atoms with Crippen LogP contribution >= 0.6 is 12.2 Å². The second kappa shape index (κ2) is 9.56. The first-order valence-corrected chi connectivity index (χ1v) is 11.4. The molecule has 2 fully saturated rings. The highest BCUT2D eigenvalue weighted by Crippen LogP contribution is 2.61. The van der Waals surface area contributed by atoms with Gasteiger partial charge in [0, 0.05) is 5.71 Å². The van der Waals surface area contributed by atoms with Crippen molar-refractivity contribution in [2.24, 2.45) is 33.5 Å². The first-order chi connectivity index (χ1) is 13.1. The van der Waals surface area contributed by atoms with Crippen LogP contribution in [0.15, 0.2) is 28.9 Å². The van der Waals surface area contributed by atoms with E-state index in [0.717, 1.165) is 24.5 Å². The monoisotopic (exact) mass is 403 g/mol. The number of nitrogens with zero attached hydrogens (tertiary/aromatic N) is 1. The third-order valence-corrected chi connectivity index (χ3v) is 7.59. The molecule has 3 N–H and O–H groups in total. The van der Waals surface area contributed by atoms with Crippen molar-refractivity contribution in [2.75, 3.05) is 0 Å². The summed E-state index contributed by atoms with van der Waals surface area (Å²) in [5, 5.41) is 4.40. The highest BCUT2D eigenvalue weighted by molar-refractivity contribution is 7.80. The Balaban J connectivity index is 1.93. The summed E-state index contributed by atoms with van der Waals surface area (Å²) in [4.78, 5) is 0. The number of fused-ring (bicyclic) bond motifs is 1. The van der Waals surface area contributed by atoms with Crippen molar-refractivity contribution in [3.8, 4) is 0 Å². The minimum Gasteiger partial charge on any atom is -0.375 e. The maximum Gasteiger partial charge on any atom is 0.184 e. The summed E-state index contributed by atoms with van der Waals surface area (Å²) in [6, 6.07) is 0. The Labute approximate surface area is 178 Å². The van der Waals surface area contributed by atoms with Gasteiger partial charge in [0.1, 0.15) is 0 Å². The number of hydrazone groups is 1. The van der Waals surface area contributed by atoms with Crippen molar-refractivity contribution < 1.29 is 0 Å². The standard InChI is InChI=1S/C24H41N3S/c1-17(9-7-10-19(3)26-27-22(25)28)11-13-20-18(2)12-14-21-23(4,5)15-8-16-24(20,21)6/h9,20-21H,2,7-8,10-16H2,1,3-6H3,(H3,25,27,28)/b17-9-,26-19-/t20-,21+,24-/m1/s1. The van der Waals surface area contributed by atoms with E-state index in [1.165, 1.54) is 56.1 Å². The van der Waals surface area contributed by atoms with Crippen LogP contribution in [0, 0.1) is 22.7 Å². The molecule has 0 spiro atoms. The maximum atomic E-state index is 5.41. The Bertz CT molecular complexity index is 646. The summed E-state index contributed by atoms with van der Waals surface area (Å²) < 4.78 is 0. The summed E-state index contributed by atoms with van der Waals surface area (Å²) in [5.74, 6) is 1.51. The zero-order chi connectivity index (χ0) is 20.9. The lowest BCUT2D eigenvalue weighted by atomic mass is 9.47. The Hall–Kier alpha value is -1.16. The lowest BCUT2D eigenvalue weighted by Gasteiger charge is -2.58. The van der Waals surface area contributed by atoms with E-state index in [9.17, 15) is 0 Å². The van der Waals surface area contributed by atoms with E-state index in [1.807, 2.05) is 6.92 Å². The Kier molecular flexibility index (Phi) is 7.89. The predicted molar refractivity (Wildman–Crippen MR) is 126 cm³/mol. The summed E-state index contributed by atoms with van der Waals surface area (Å²) >= 11 is 4.78. The van der Waals surface area contributed by atoms with Gasteiger partial charge in [-0.1, -0.05) is 51.0 Å². The molecule has 2 aliphatic rings. The lowest BCUT2D eigenvalue weighted by Crippen LogP contribution is -2.49. The highest BCUT2D eigenvalue weighted by Gasteiger charge is 2.52. The van der Waals surface area contributed by atoms with Crippen molar-refractivity contribution >= 4 is 23.0 Å². The fourth-order valence-corrected chi connectivity index (χ4v) is 6.06. The number of allylic oxidation sites excluding steroid dienone is 3. The minimum absolute atomic E-state index is 0.219. The molecule has 0 unspecified atom stereocenters. The van der Waals surface area contributed by atoms with E-state index in [0.29, 0.717) is 16.7 Å². The van der Waals surface area contributed by atoms with Crippen molar-refractivity contribution in [3.63, 3.8) is 0 Å². The molecule has 3 nitrogen and oxygen atoms in total. The van der Waals surface area contributed by atoms with Crippen molar-refractivity contribution in [2.45, 2.75) is 92.4 Å². The van der Waals surface area contributed by atoms with Gasteiger partial charge in [-0.2, -0.15) is 5.10 Å². The van der Waals surface area contributed by atoms with Crippen LogP contribution in [0.25, 0.3) is 0 Å². The number of hydrogen-bond donors (Lipinski definition) is 2. The Morgan fingerprint density at radius 1 is 1.29 bits per heavy atom. The first kappa shape index (κ1) is 23.1. The van der Waals surface area contributed by atoms with Crippen LogP contribution in [0.2, 0.25) is 0 Å². The van der Waals surface area contributed by atoms with Crippen LogP contribution in [0.4, 0.5) is 0 Å². The number of nitrogens with one attached hydrogen (secondary N) is 1. The van der Waals surface area contributed by atoms with Gasteiger partial charge in [0.2, 0.25) is 0 Å². The molecule has 0 bridgehead atoms. The second-order valence-corrected chi connectivity index (χ2v) is 10.5. The van der Waals surface area contributed by atoms with Gasteiger partial charge in [0.15, 0.2) is 5.11 Å². The van der Waals surface area contributed by atoms with Crippen LogP contribution in [0.3, 0.4) is 0 Å². The summed E-state index contributed by atoms with van der Waals surface area (Å²) in [6.07, 6.45) is 13.4. The van der Waals surface area contributed by atoms with Crippen LogP contribution in [-0.2, 0) is 0 Å². The van der Waals surface area contributed by atoms with E-state index in [1.54, 1.807) is 0 Å². The van der Waals surface area contributed by atoms with Crippen LogP contribution in [0.5, 0.6) is 0 Å². The van der Waals surface area contributed by atoms with Gasteiger partial charge in [-0.15, -0.1) is 0 Å². The SMILES string of the molecule is C=C1CC[C@H]2C(C)(C)CCC[C@]2(C)[C@@H]1CC/C(C)=C\CC/C(C)=N\NC(N)=S. The van der Waals surface area contributed by atoms with Crippen molar-refractivity contribution in [3.05, 3.63) is 23.8 Å². The number of rotatable bonds is 7. The average Bonchev–Trinajstić information content (AvgIpc) is 2.58. The first-order valence-electron chi connectivity index (χ1n) is 11.0. The smallest absolute Gasteiger partial charge is 0.184 e. The van der Waals surface area contributed by atoms with Gasteiger partial charge in [-0.25, -0.2) is 0 Å². The molecule has 0 aliphatic heterocycles. The fraction of sp³-hybridized carbons (Fsp3) is 0.750. The summed E-state index contributed by atoms with van der Waals surface area (Å²) in [7, 11) is 0. The molecule has 28 heavy (non-hydrogen) atoms. The maximum absolute atomic E-state index is 5.41. The molecule has 158 valence electrons. The Morgan fingerprint density at radius 2 is 2.00 bits per heavy atom. The molecule has 0 aromatic rings. The van der Waals surface area contributed by atoms with E-state index < -0.39 is 0 Å². The zero-order valence-corrected chi connectivity index (χ0v) is 19.6. The molecule has 0 saturated heterocycles. The van der Waals surface area contributed by atoms with Crippen molar-refractivity contribution in [1.82, 2.24) is 5.43 Å². The van der Waals surface area contributed by atoms with Gasteiger partial charge < -0.3 is 5.73 Å². The molecule has 0 radical (unpaired) electrons. The zero-order valence-electron chi connectivity index (χ0n) is 18.7. The van der Waals surface area contributed by atoms with Gasteiger partial charge in [-0.05, 0) is 100 Å². The highest BCUT2D eigenvalue weighted by atomic mass is 32.1. The van der Waals surface area contributed by atoms with Crippen LogP contribution in [-0.4, -0.2) is 10.8 Å². The van der Waals surface area contributed by atoms with Crippen LogP contribution in [0.1, 0.15) is 92.4 Å². The fourth-order valence-electron chi connectivity index (χ4n) is 6.02. The van der Waals surface area contributed by atoms with E-state index >= 15 is 0 Å². The van der Waals surface area contributed by atoms with Gasteiger partial charge in [0.05, 0.1) is 0 Å². The van der Waals surface area contributed by atoms with E-state index in [-0.39, 0.29) is 5.11 Å². The predicted octanol–water partition coefficient (Wildman–Crippen LogP) is 6.50. The Morgan fingerprint density at radius 3 is 2.68 bits per heavy atom. The molecule has 4 heteroatoms. The number of thiocarbonyl (C=S) groups is 1. The average molecular weight is 404 g/mol. The summed E-state index contributed by atoms with van der Waals surface area (Å²) in [6.45, 7) is 16.4. The van der Waals surface area contributed by atoms with Gasteiger partial charge in [-0.3, -0.25) is 5.43 Å². The lowest BCUT2D eigenvalue weighted by molar-refractivity contribution is -0.0539. The topological polar surface area (TPSA) is 50.4 Å². The van der Waals surface area contributed by atoms with Crippen molar-refractivity contribution in [1.29, 1.82) is 0 Å². The molecule has 2 saturated carbocycles. The number of hydrogen-bond acceptors (Lipinski definition) is 2. The largest absolute Gasteiger partial charge is 0.375 e. The van der Waals surface area contributed by atoms with Gasteiger partial charge in [0.25, 0.3) is 0 Å². The van der Waals surface area contributed by atoms with E-state index in [2.05, 4.69) is 50.9 Å². The quantitative estimate of drug-likeness (QED) is 0.221. The minimum atomic E-state index is 0.219. The third kappa shape index (κ3) is 5.68. The van der Waals surface area contributed by atoms with Gasteiger partial charge >= 0.3 is 0 Å². The molecule has 0 heterocycles.